The van der Waals surface area contributed by atoms with Gasteiger partial charge in [-0.25, -0.2) is 0 Å². The summed E-state index contributed by atoms with van der Waals surface area (Å²) in [6.45, 7) is 10.4. The van der Waals surface area contributed by atoms with Crippen molar-refractivity contribution in [3.63, 3.8) is 0 Å². The molecule has 0 spiro atoms. The number of nitrogens with one attached hydrogen (secondary N) is 1. The Morgan fingerprint density at radius 1 is 0.745 bits per heavy atom. The highest BCUT2D eigenvalue weighted by Crippen LogP contribution is 2.28. The van der Waals surface area contributed by atoms with Gasteiger partial charge in [0.05, 0.1) is 19.0 Å². The number of rotatable bonds is 11. The molecule has 1 N–H and O–H groups in total. The highest BCUT2D eigenvalue weighted by molar-refractivity contribution is 9.09. The maximum Gasteiger partial charge on any atom is 0.137 e. The lowest BCUT2D eigenvalue weighted by molar-refractivity contribution is 0.0935. The summed E-state index contributed by atoms with van der Waals surface area (Å²) in [6, 6.07) is 22.6. The summed E-state index contributed by atoms with van der Waals surface area (Å²) in [5, 5.41) is 5.61. The van der Waals surface area contributed by atoms with Crippen LogP contribution >= 0.6 is 39.1 Å². The fraction of sp³-hybridized carbons (Fsp3) is 0.389. The molecule has 2 atom stereocenters. The van der Waals surface area contributed by atoms with Crippen molar-refractivity contribution in [2.75, 3.05) is 51.3 Å². The predicted molar refractivity (Wildman–Crippen MR) is 193 cm³/mol. The molecule has 2 saturated heterocycles. The number of pyridine rings is 2. The summed E-state index contributed by atoms with van der Waals surface area (Å²) in [5.41, 5.74) is -0.226. The quantitative estimate of drug-likeness (QED) is 0.155. The highest BCUT2D eigenvalue weighted by atomic mass is 79.9. The molecule has 2 aliphatic rings. The SMILES string of the molecule is BrCCOc1cccnc1.CC1(Oc2ccc(Cl)cc2)CCN(CCOc2cccnc2)C1.CC1(Oc2ccc(Cl)cc2)CCNC1. The minimum Gasteiger partial charge on any atom is -0.491 e. The molecule has 2 unspecified atom stereocenters. The summed E-state index contributed by atoms with van der Waals surface area (Å²) in [7, 11) is 0. The third-order valence-corrected chi connectivity index (χ3v) is 8.32. The Kier molecular flexibility index (Phi) is 14.9. The Balaban J connectivity index is 0.000000177. The monoisotopic (exact) mass is 744 g/mol. The fourth-order valence-corrected chi connectivity index (χ4v) is 5.48. The zero-order chi connectivity index (χ0) is 33.4. The molecule has 2 fully saturated rings. The molecule has 0 bridgehead atoms. The number of hydrogen-bond donors (Lipinski definition) is 1. The number of benzene rings is 2. The van der Waals surface area contributed by atoms with E-state index in [0.717, 1.165) is 83.9 Å². The Labute approximate surface area is 296 Å². The van der Waals surface area contributed by atoms with Crippen molar-refractivity contribution in [1.29, 1.82) is 0 Å². The number of hydrogen-bond acceptors (Lipinski definition) is 8. The molecule has 0 saturated carbocycles. The van der Waals surface area contributed by atoms with Crippen LogP contribution in [0.2, 0.25) is 10.0 Å². The number of ether oxygens (including phenoxy) is 4. The van der Waals surface area contributed by atoms with Crippen LogP contribution in [0.15, 0.2) is 97.6 Å². The van der Waals surface area contributed by atoms with E-state index in [9.17, 15) is 0 Å². The van der Waals surface area contributed by atoms with E-state index in [0.29, 0.717) is 13.2 Å². The summed E-state index contributed by atoms with van der Waals surface area (Å²) >= 11 is 15.0. The molecule has 4 heterocycles. The lowest BCUT2D eigenvalue weighted by Gasteiger charge is -2.26. The second-order valence-corrected chi connectivity index (χ2v) is 13.4. The summed E-state index contributed by atoms with van der Waals surface area (Å²) in [6.07, 6.45) is 8.95. The Hall–Kier alpha value is -3.08. The Morgan fingerprint density at radius 3 is 1.79 bits per heavy atom. The number of nitrogens with zero attached hydrogens (tertiary/aromatic N) is 3. The van der Waals surface area contributed by atoms with Crippen LogP contribution in [0, 0.1) is 0 Å². The van der Waals surface area contributed by atoms with Gasteiger partial charge in [-0.2, -0.15) is 0 Å². The Bertz CT molecular complexity index is 1430. The maximum absolute atomic E-state index is 6.16. The van der Waals surface area contributed by atoms with Crippen LogP contribution < -0.4 is 24.3 Å². The van der Waals surface area contributed by atoms with Crippen LogP contribution in [0.1, 0.15) is 26.7 Å². The van der Waals surface area contributed by atoms with Crippen molar-refractivity contribution < 1.29 is 18.9 Å². The van der Waals surface area contributed by atoms with E-state index in [4.69, 9.17) is 42.1 Å². The Morgan fingerprint density at radius 2 is 1.30 bits per heavy atom. The molecule has 0 aliphatic carbocycles. The number of aromatic nitrogens is 2. The maximum atomic E-state index is 6.16. The van der Waals surface area contributed by atoms with E-state index in [2.05, 4.69) is 50.0 Å². The molecule has 252 valence electrons. The van der Waals surface area contributed by atoms with Crippen molar-refractivity contribution in [3.05, 3.63) is 108 Å². The van der Waals surface area contributed by atoms with Gasteiger partial charge < -0.3 is 24.3 Å². The van der Waals surface area contributed by atoms with Gasteiger partial charge in [-0.05, 0) is 93.2 Å². The first-order valence-corrected chi connectivity index (χ1v) is 17.6. The zero-order valence-corrected chi connectivity index (χ0v) is 30.0. The van der Waals surface area contributed by atoms with Crippen molar-refractivity contribution in [2.45, 2.75) is 37.9 Å². The van der Waals surface area contributed by atoms with E-state index in [1.165, 1.54) is 0 Å². The predicted octanol–water partition coefficient (Wildman–Crippen LogP) is 7.98. The van der Waals surface area contributed by atoms with Crippen molar-refractivity contribution in [3.8, 4) is 23.0 Å². The normalized spacial score (nSPS) is 20.3. The van der Waals surface area contributed by atoms with Crippen LogP contribution in [0.25, 0.3) is 0 Å². The number of alkyl halides is 1. The fourth-order valence-electron chi connectivity index (χ4n) is 5.07. The van der Waals surface area contributed by atoms with E-state index in [1.54, 1.807) is 24.8 Å². The van der Waals surface area contributed by atoms with Gasteiger partial charge in [0, 0.05) is 66.8 Å². The van der Waals surface area contributed by atoms with Gasteiger partial charge in [-0.1, -0.05) is 39.1 Å². The van der Waals surface area contributed by atoms with Gasteiger partial charge in [-0.15, -0.1) is 0 Å². The molecule has 47 heavy (non-hydrogen) atoms. The van der Waals surface area contributed by atoms with Gasteiger partial charge in [0.1, 0.15) is 40.8 Å². The standard InChI is InChI=1S/C18H21ClN2O2.C11H14ClNO.C7H8BrNO/c1-18(23-16-6-4-15(19)5-7-16)8-10-21(14-18)11-12-22-17-3-2-9-20-13-17;1-11(6-7-13-8-11)14-10-4-2-9(12)3-5-10;8-3-5-10-7-2-1-4-9-6-7/h2-7,9,13H,8,10-12,14H2,1H3;2-5,13H,6-8H2,1H3;1-2,4,6H,3,5H2. The van der Waals surface area contributed by atoms with E-state index < -0.39 is 0 Å². The van der Waals surface area contributed by atoms with E-state index in [-0.39, 0.29) is 11.2 Å². The van der Waals surface area contributed by atoms with E-state index in [1.807, 2.05) is 72.8 Å². The molecule has 6 rings (SSSR count). The molecule has 0 amide bonds. The minimum atomic E-state index is -0.165. The largest absolute Gasteiger partial charge is 0.491 e. The van der Waals surface area contributed by atoms with Crippen molar-refractivity contribution in [1.82, 2.24) is 20.2 Å². The molecular weight excluding hydrogens is 703 g/mol. The minimum absolute atomic E-state index is 0.0617. The number of halogens is 3. The van der Waals surface area contributed by atoms with Gasteiger partial charge in [-0.3, -0.25) is 14.9 Å². The molecular formula is C36H43BrCl2N4O4. The third-order valence-electron chi connectivity index (χ3n) is 7.49. The zero-order valence-electron chi connectivity index (χ0n) is 26.9. The molecule has 4 aromatic rings. The van der Waals surface area contributed by atoms with Crippen LogP contribution in [0.4, 0.5) is 0 Å². The van der Waals surface area contributed by atoms with Gasteiger partial charge in [0.2, 0.25) is 0 Å². The summed E-state index contributed by atoms with van der Waals surface area (Å²) in [4.78, 5) is 10.3. The lowest BCUT2D eigenvalue weighted by atomic mass is 10.1. The first kappa shape index (κ1) is 36.8. The summed E-state index contributed by atoms with van der Waals surface area (Å²) in [5.74, 6) is 3.39. The van der Waals surface area contributed by atoms with Gasteiger partial charge in [0.15, 0.2) is 0 Å². The van der Waals surface area contributed by atoms with Crippen molar-refractivity contribution >= 4 is 39.1 Å². The lowest BCUT2D eigenvalue weighted by Crippen LogP contribution is -2.37. The molecule has 2 aliphatic heterocycles. The molecule has 2 aromatic carbocycles. The average molecular weight is 747 g/mol. The van der Waals surface area contributed by atoms with Crippen LogP contribution in [-0.4, -0.2) is 77.3 Å². The van der Waals surface area contributed by atoms with Crippen LogP contribution in [0.3, 0.4) is 0 Å². The molecule has 0 radical (unpaired) electrons. The third kappa shape index (κ3) is 13.5. The van der Waals surface area contributed by atoms with Gasteiger partial charge >= 0.3 is 0 Å². The molecule has 11 heteroatoms. The van der Waals surface area contributed by atoms with Gasteiger partial charge in [0.25, 0.3) is 0 Å². The van der Waals surface area contributed by atoms with Crippen molar-refractivity contribution in [2.24, 2.45) is 0 Å². The first-order chi connectivity index (χ1) is 22.7. The second-order valence-electron chi connectivity index (χ2n) is 11.7. The number of likely N-dealkylation sites (tertiary alicyclic amines) is 1. The van der Waals surface area contributed by atoms with E-state index >= 15 is 0 Å². The second kappa shape index (κ2) is 19.1. The molecule has 2 aromatic heterocycles. The first-order valence-electron chi connectivity index (χ1n) is 15.7. The molecule has 8 nitrogen and oxygen atoms in total. The average Bonchev–Trinajstić information content (AvgIpc) is 3.68. The summed E-state index contributed by atoms with van der Waals surface area (Å²) < 4.78 is 23.0. The highest BCUT2D eigenvalue weighted by Gasteiger charge is 2.35. The van der Waals surface area contributed by atoms with Crippen LogP contribution in [-0.2, 0) is 0 Å². The topological polar surface area (TPSA) is 78.0 Å². The van der Waals surface area contributed by atoms with Crippen LogP contribution in [0.5, 0.6) is 23.0 Å². The smallest absolute Gasteiger partial charge is 0.137 e.